The molecule has 1 unspecified atom stereocenters. The third-order valence-corrected chi connectivity index (χ3v) is 4.31. The smallest absolute Gasteiger partial charge is 0.256 e. The normalized spacial score (nSPS) is 19.7. The molecule has 5 heteroatoms. The van der Waals surface area contributed by atoms with E-state index >= 15 is 0 Å². The maximum absolute atomic E-state index is 12.4. The number of anilines is 1. The van der Waals surface area contributed by atoms with E-state index in [-0.39, 0.29) is 11.9 Å². The lowest BCUT2D eigenvalue weighted by molar-refractivity contribution is 0.0717. The zero-order valence-corrected chi connectivity index (χ0v) is 11.5. The highest BCUT2D eigenvalue weighted by Crippen LogP contribution is 2.24. The minimum Gasteiger partial charge on any atom is -0.497 e. The fraction of sp³-hybridized carbons (Fsp3) is 0.462. The molecule has 1 aliphatic rings. The van der Waals surface area contributed by atoms with E-state index in [1.54, 1.807) is 25.3 Å². The first-order valence-electron chi connectivity index (χ1n) is 5.95. The van der Waals surface area contributed by atoms with Crippen LogP contribution in [0.4, 0.5) is 5.69 Å². The number of amides is 1. The van der Waals surface area contributed by atoms with Gasteiger partial charge in [0.2, 0.25) is 0 Å². The summed E-state index contributed by atoms with van der Waals surface area (Å²) in [5.41, 5.74) is 6.96. The van der Waals surface area contributed by atoms with Gasteiger partial charge in [-0.1, -0.05) is 0 Å². The number of carbonyl (C=O) groups excluding carboxylic acids is 1. The highest BCUT2D eigenvalue weighted by Gasteiger charge is 2.25. The monoisotopic (exact) mass is 266 g/mol. The number of rotatable bonds is 2. The van der Waals surface area contributed by atoms with E-state index in [2.05, 4.69) is 6.92 Å². The van der Waals surface area contributed by atoms with Crippen LogP contribution in [0.2, 0.25) is 0 Å². The lowest BCUT2D eigenvalue weighted by Gasteiger charge is -2.33. The number of benzene rings is 1. The Balaban J connectivity index is 2.22. The second-order valence-corrected chi connectivity index (χ2v) is 5.53. The Hall–Kier alpha value is -1.36. The van der Waals surface area contributed by atoms with E-state index in [1.807, 2.05) is 16.7 Å². The standard InChI is InChI=1S/C13H18N2O2S/c1-9-8-18-6-5-15(9)13(16)11-4-3-10(17-2)7-12(11)14/h3-4,7,9H,5-6,8,14H2,1-2H3. The third kappa shape index (κ3) is 2.56. The molecule has 0 bridgehead atoms. The van der Waals surface area contributed by atoms with E-state index in [0.717, 1.165) is 18.1 Å². The summed E-state index contributed by atoms with van der Waals surface area (Å²) in [7, 11) is 1.58. The van der Waals surface area contributed by atoms with Crippen molar-refractivity contribution in [3.63, 3.8) is 0 Å². The van der Waals surface area contributed by atoms with Gasteiger partial charge >= 0.3 is 0 Å². The van der Waals surface area contributed by atoms with Crippen LogP contribution in [0.1, 0.15) is 17.3 Å². The van der Waals surface area contributed by atoms with Gasteiger partial charge in [-0.05, 0) is 19.1 Å². The molecular formula is C13H18N2O2S. The average Bonchev–Trinajstić information content (AvgIpc) is 2.38. The van der Waals surface area contributed by atoms with E-state index in [4.69, 9.17) is 10.5 Å². The van der Waals surface area contributed by atoms with E-state index in [1.165, 1.54) is 0 Å². The summed E-state index contributed by atoms with van der Waals surface area (Å²) in [6.07, 6.45) is 0. The Kier molecular flexibility index (Phi) is 4.01. The topological polar surface area (TPSA) is 55.6 Å². The first-order chi connectivity index (χ1) is 8.63. The lowest BCUT2D eigenvalue weighted by Crippen LogP contribution is -2.44. The van der Waals surface area contributed by atoms with Gasteiger partial charge in [-0.2, -0.15) is 11.8 Å². The molecule has 0 spiro atoms. The van der Waals surface area contributed by atoms with Gasteiger partial charge in [0, 0.05) is 35.8 Å². The molecule has 1 saturated heterocycles. The van der Waals surface area contributed by atoms with Gasteiger partial charge in [-0.3, -0.25) is 4.79 Å². The number of hydrogen-bond donors (Lipinski definition) is 1. The molecule has 0 radical (unpaired) electrons. The van der Waals surface area contributed by atoms with Crippen molar-refractivity contribution in [3.05, 3.63) is 23.8 Å². The van der Waals surface area contributed by atoms with Crippen LogP contribution in [-0.4, -0.2) is 42.0 Å². The van der Waals surface area contributed by atoms with Gasteiger partial charge in [0.25, 0.3) is 5.91 Å². The molecule has 0 aromatic heterocycles. The minimum absolute atomic E-state index is 0.0166. The van der Waals surface area contributed by atoms with Crippen molar-refractivity contribution in [1.82, 2.24) is 4.90 Å². The molecule has 1 amide bonds. The molecule has 2 N–H and O–H groups in total. The van der Waals surface area contributed by atoms with Crippen LogP contribution in [0.25, 0.3) is 0 Å². The Morgan fingerprint density at radius 3 is 2.94 bits per heavy atom. The van der Waals surface area contributed by atoms with Crippen LogP contribution < -0.4 is 10.5 Å². The van der Waals surface area contributed by atoms with Crippen LogP contribution in [-0.2, 0) is 0 Å². The summed E-state index contributed by atoms with van der Waals surface area (Å²) in [5.74, 6) is 2.67. The number of carbonyl (C=O) groups is 1. The Morgan fingerprint density at radius 2 is 2.33 bits per heavy atom. The molecule has 0 saturated carbocycles. The van der Waals surface area contributed by atoms with Crippen molar-refractivity contribution < 1.29 is 9.53 Å². The first kappa shape index (κ1) is 13.1. The number of ether oxygens (including phenoxy) is 1. The molecular weight excluding hydrogens is 248 g/mol. The van der Waals surface area contributed by atoms with Crippen LogP contribution in [0, 0.1) is 0 Å². The molecule has 18 heavy (non-hydrogen) atoms. The fourth-order valence-electron chi connectivity index (χ4n) is 2.05. The summed E-state index contributed by atoms with van der Waals surface area (Å²) >= 11 is 1.88. The number of thioether (sulfide) groups is 1. The van der Waals surface area contributed by atoms with Crippen molar-refractivity contribution >= 4 is 23.4 Å². The third-order valence-electron chi connectivity index (χ3n) is 3.12. The van der Waals surface area contributed by atoms with Crippen molar-refractivity contribution in [2.45, 2.75) is 13.0 Å². The van der Waals surface area contributed by atoms with Gasteiger partial charge in [-0.25, -0.2) is 0 Å². The van der Waals surface area contributed by atoms with E-state index < -0.39 is 0 Å². The molecule has 4 nitrogen and oxygen atoms in total. The first-order valence-corrected chi connectivity index (χ1v) is 7.11. The lowest BCUT2D eigenvalue weighted by atomic mass is 10.1. The Morgan fingerprint density at radius 1 is 1.56 bits per heavy atom. The molecule has 1 aromatic carbocycles. The van der Waals surface area contributed by atoms with E-state index in [0.29, 0.717) is 17.0 Å². The van der Waals surface area contributed by atoms with Crippen LogP contribution >= 0.6 is 11.8 Å². The van der Waals surface area contributed by atoms with Crippen molar-refractivity contribution in [2.75, 3.05) is 30.9 Å². The molecule has 0 aliphatic carbocycles. The quantitative estimate of drug-likeness (QED) is 0.830. The second-order valence-electron chi connectivity index (χ2n) is 4.38. The summed E-state index contributed by atoms with van der Waals surface area (Å²) in [6, 6.07) is 5.46. The fourth-order valence-corrected chi connectivity index (χ4v) is 3.06. The number of methoxy groups -OCH3 is 1. The van der Waals surface area contributed by atoms with Gasteiger partial charge in [0.15, 0.2) is 0 Å². The number of hydrogen-bond acceptors (Lipinski definition) is 4. The predicted octanol–water partition coefficient (Wildman–Crippen LogP) is 1.85. The van der Waals surface area contributed by atoms with Gasteiger partial charge in [0.05, 0.1) is 12.7 Å². The zero-order valence-electron chi connectivity index (χ0n) is 10.7. The highest BCUT2D eigenvalue weighted by molar-refractivity contribution is 7.99. The van der Waals surface area contributed by atoms with E-state index in [9.17, 15) is 4.79 Å². The summed E-state index contributed by atoms with van der Waals surface area (Å²) < 4.78 is 5.09. The maximum atomic E-state index is 12.4. The zero-order chi connectivity index (χ0) is 13.1. The summed E-state index contributed by atoms with van der Waals surface area (Å²) in [6.45, 7) is 2.86. The summed E-state index contributed by atoms with van der Waals surface area (Å²) in [5, 5.41) is 0. The van der Waals surface area contributed by atoms with Crippen molar-refractivity contribution in [1.29, 1.82) is 0 Å². The molecule has 1 atom stereocenters. The number of nitrogen functional groups attached to an aromatic ring is 1. The molecule has 1 heterocycles. The van der Waals surface area contributed by atoms with Crippen LogP contribution in [0.5, 0.6) is 5.75 Å². The van der Waals surface area contributed by atoms with Gasteiger partial charge < -0.3 is 15.4 Å². The summed E-state index contributed by atoms with van der Waals surface area (Å²) in [4.78, 5) is 14.3. The SMILES string of the molecule is COc1ccc(C(=O)N2CCSCC2C)c(N)c1. The van der Waals surface area contributed by atoms with Crippen molar-refractivity contribution in [2.24, 2.45) is 0 Å². The van der Waals surface area contributed by atoms with Gasteiger partial charge in [0.1, 0.15) is 5.75 Å². The Bertz CT molecular complexity index is 451. The number of nitrogens with zero attached hydrogens (tertiary/aromatic N) is 1. The largest absolute Gasteiger partial charge is 0.497 e. The molecule has 1 aliphatic heterocycles. The van der Waals surface area contributed by atoms with Crippen LogP contribution in [0.15, 0.2) is 18.2 Å². The maximum Gasteiger partial charge on any atom is 0.256 e. The van der Waals surface area contributed by atoms with Crippen molar-refractivity contribution in [3.8, 4) is 5.75 Å². The molecule has 98 valence electrons. The van der Waals surface area contributed by atoms with Crippen LogP contribution in [0.3, 0.4) is 0 Å². The minimum atomic E-state index is 0.0166. The molecule has 1 aromatic rings. The predicted molar refractivity (Wildman–Crippen MR) is 75.2 cm³/mol. The molecule has 1 fully saturated rings. The molecule has 2 rings (SSSR count). The number of nitrogens with two attached hydrogens (primary N) is 1. The average molecular weight is 266 g/mol. The highest BCUT2D eigenvalue weighted by atomic mass is 32.2. The second kappa shape index (κ2) is 5.52. The van der Waals surface area contributed by atoms with Gasteiger partial charge in [-0.15, -0.1) is 0 Å². The Labute approximate surface area is 111 Å².